The van der Waals surface area contributed by atoms with Crippen LogP contribution >= 0.6 is 0 Å². The van der Waals surface area contributed by atoms with E-state index in [2.05, 4.69) is 0 Å². The fourth-order valence-corrected chi connectivity index (χ4v) is 4.79. The molecule has 1 heterocycles. The van der Waals surface area contributed by atoms with Gasteiger partial charge in [0.15, 0.2) is 0 Å². The number of amides is 1. The molecule has 0 unspecified atom stereocenters. The molecule has 1 aliphatic heterocycles. The summed E-state index contributed by atoms with van der Waals surface area (Å²) in [5.41, 5.74) is 3.23. The van der Waals surface area contributed by atoms with Gasteiger partial charge in [0.1, 0.15) is 24.0 Å². The van der Waals surface area contributed by atoms with Gasteiger partial charge >= 0.3 is 0 Å². The first kappa shape index (κ1) is 24.7. The summed E-state index contributed by atoms with van der Waals surface area (Å²) in [6.07, 6.45) is 0.00255. The van der Waals surface area contributed by atoms with Gasteiger partial charge in [-0.05, 0) is 78.1 Å². The molecular weight excluding hydrogens is 472 g/mol. The molecule has 1 amide bonds. The number of β-lactam (4-membered cyclic amide) rings is 1. The highest BCUT2D eigenvalue weighted by molar-refractivity contribution is 6.03. The zero-order valence-corrected chi connectivity index (χ0v) is 20.1. The Labute approximate surface area is 214 Å². The molecule has 0 aliphatic carbocycles. The van der Waals surface area contributed by atoms with Crippen LogP contribution in [0.15, 0.2) is 103 Å². The lowest BCUT2D eigenvalue weighted by Gasteiger charge is -2.48. The monoisotopic (exact) mass is 499 g/mol. The van der Waals surface area contributed by atoms with Crippen molar-refractivity contribution in [2.75, 3.05) is 4.90 Å². The van der Waals surface area contributed by atoms with Gasteiger partial charge in [-0.25, -0.2) is 8.78 Å². The van der Waals surface area contributed by atoms with E-state index in [1.807, 2.05) is 54.6 Å². The third kappa shape index (κ3) is 5.54. The van der Waals surface area contributed by atoms with Gasteiger partial charge in [0.25, 0.3) is 0 Å². The van der Waals surface area contributed by atoms with Gasteiger partial charge in [-0.3, -0.25) is 4.79 Å². The molecular formula is C31H27F2NO3. The van der Waals surface area contributed by atoms with Crippen molar-refractivity contribution in [1.82, 2.24) is 0 Å². The van der Waals surface area contributed by atoms with Crippen LogP contribution in [0.5, 0.6) is 5.75 Å². The number of nitrogens with zero attached hydrogens (tertiary/aromatic N) is 1. The zero-order chi connectivity index (χ0) is 25.8. The molecule has 0 saturated carbocycles. The average Bonchev–Trinajstić information content (AvgIpc) is 2.93. The number of ether oxygens (including phenoxy) is 1. The smallest absolute Gasteiger partial charge is 0.233 e. The third-order valence-electron chi connectivity index (χ3n) is 6.79. The Morgan fingerprint density at radius 2 is 1.43 bits per heavy atom. The first-order valence-electron chi connectivity index (χ1n) is 12.3. The van der Waals surface area contributed by atoms with Crippen molar-refractivity contribution in [2.24, 2.45) is 5.92 Å². The molecule has 1 fully saturated rings. The van der Waals surface area contributed by atoms with Crippen molar-refractivity contribution in [3.05, 3.63) is 131 Å². The largest absolute Gasteiger partial charge is 0.489 e. The number of hydrogen-bond acceptors (Lipinski definition) is 3. The topological polar surface area (TPSA) is 49.8 Å². The van der Waals surface area contributed by atoms with Gasteiger partial charge in [0.05, 0.1) is 18.1 Å². The zero-order valence-electron chi connectivity index (χ0n) is 20.1. The van der Waals surface area contributed by atoms with Crippen molar-refractivity contribution < 1.29 is 23.4 Å². The summed E-state index contributed by atoms with van der Waals surface area (Å²) < 4.78 is 32.7. The second-order valence-electron chi connectivity index (χ2n) is 9.22. The minimum Gasteiger partial charge on any atom is -0.489 e. The Hall–Kier alpha value is -4.03. The van der Waals surface area contributed by atoms with E-state index in [0.29, 0.717) is 30.7 Å². The molecule has 4 aromatic rings. The summed E-state index contributed by atoms with van der Waals surface area (Å²) in [6, 6.07) is 28.9. The number of halogens is 2. The molecule has 1 aliphatic rings. The van der Waals surface area contributed by atoms with Gasteiger partial charge in [0.2, 0.25) is 5.91 Å². The molecule has 1 saturated heterocycles. The van der Waals surface area contributed by atoms with Crippen LogP contribution in [-0.4, -0.2) is 11.0 Å². The van der Waals surface area contributed by atoms with Crippen molar-refractivity contribution in [2.45, 2.75) is 31.6 Å². The van der Waals surface area contributed by atoms with E-state index < -0.39 is 6.10 Å². The molecule has 0 spiro atoms. The summed E-state index contributed by atoms with van der Waals surface area (Å²) in [4.78, 5) is 14.9. The van der Waals surface area contributed by atoms with Crippen LogP contribution in [0.1, 0.15) is 41.7 Å². The molecule has 0 aromatic heterocycles. The molecule has 0 bridgehead atoms. The van der Waals surface area contributed by atoms with Crippen molar-refractivity contribution >= 4 is 11.6 Å². The minimum atomic E-state index is -0.803. The highest BCUT2D eigenvalue weighted by Gasteiger charge is 2.48. The summed E-state index contributed by atoms with van der Waals surface area (Å²) in [5.74, 6) is -0.443. The maximum absolute atomic E-state index is 13.5. The van der Waals surface area contributed by atoms with E-state index in [-0.39, 0.29) is 29.5 Å². The molecule has 4 nitrogen and oxygen atoms in total. The van der Waals surface area contributed by atoms with Gasteiger partial charge < -0.3 is 14.7 Å². The number of aliphatic hydroxyl groups is 1. The van der Waals surface area contributed by atoms with Crippen LogP contribution in [-0.2, 0) is 11.4 Å². The highest BCUT2D eigenvalue weighted by Crippen LogP contribution is 2.46. The van der Waals surface area contributed by atoms with E-state index in [0.717, 1.165) is 16.9 Å². The van der Waals surface area contributed by atoms with Crippen LogP contribution in [0.4, 0.5) is 14.5 Å². The second-order valence-corrected chi connectivity index (χ2v) is 9.22. The fraction of sp³-hybridized carbons (Fsp3) is 0.194. The molecule has 188 valence electrons. The predicted octanol–water partition coefficient (Wildman–Crippen LogP) is 6.76. The van der Waals surface area contributed by atoms with Gasteiger partial charge in [-0.15, -0.1) is 0 Å². The lowest BCUT2D eigenvalue weighted by molar-refractivity contribution is -0.131. The van der Waals surface area contributed by atoms with Crippen LogP contribution in [0.2, 0.25) is 0 Å². The Balaban J connectivity index is 1.32. The highest BCUT2D eigenvalue weighted by atomic mass is 19.1. The molecule has 37 heavy (non-hydrogen) atoms. The number of anilines is 1. The van der Waals surface area contributed by atoms with Crippen molar-refractivity contribution in [3.63, 3.8) is 0 Å². The number of hydrogen-bond donors (Lipinski definition) is 1. The van der Waals surface area contributed by atoms with Crippen molar-refractivity contribution in [1.29, 1.82) is 0 Å². The second kappa shape index (κ2) is 10.9. The standard InChI is InChI=1S/C31H27F2NO3/c32-24-10-6-22(7-11-24)29(35)19-18-28-30(34(31(28)36)26-14-12-25(33)13-15-26)23-8-16-27(17-9-23)37-20-21-4-2-1-3-5-21/h1-17,28-30,35H,18-20H2/t28-,29+,30+/m0/s1. The molecule has 4 aromatic carbocycles. The normalized spacial score (nSPS) is 17.8. The molecule has 3 atom stereocenters. The lowest BCUT2D eigenvalue weighted by Crippen LogP contribution is -2.55. The molecule has 0 radical (unpaired) electrons. The van der Waals surface area contributed by atoms with E-state index in [4.69, 9.17) is 4.74 Å². The van der Waals surface area contributed by atoms with Crippen LogP contribution in [0, 0.1) is 17.6 Å². The maximum Gasteiger partial charge on any atom is 0.233 e. The van der Waals surface area contributed by atoms with Crippen LogP contribution in [0.3, 0.4) is 0 Å². The van der Waals surface area contributed by atoms with Gasteiger partial charge in [0, 0.05) is 5.69 Å². The molecule has 1 N–H and O–H groups in total. The number of benzene rings is 4. The maximum atomic E-state index is 13.5. The number of carbonyl (C=O) groups is 1. The van der Waals surface area contributed by atoms with Gasteiger partial charge in [-0.1, -0.05) is 54.6 Å². The van der Waals surface area contributed by atoms with Crippen molar-refractivity contribution in [3.8, 4) is 5.75 Å². The van der Waals surface area contributed by atoms with E-state index >= 15 is 0 Å². The summed E-state index contributed by atoms with van der Waals surface area (Å²) in [7, 11) is 0. The predicted molar refractivity (Wildman–Crippen MR) is 138 cm³/mol. The molecule has 6 heteroatoms. The Bertz CT molecular complexity index is 1330. The summed E-state index contributed by atoms with van der Waals surface area (Å²) in [6.45, 7) is 0.452. The Kier molecular flexibility index (Phi) is 7.28. The molecule has 5 rings (SSSR count). The summed E-state index contributed by atoms with van der Waals surface area (Å²) >= 11 is 0. The number of rotatable bonds is 9. The quantitative estimate of drug-likeness (QED) is 0.259. The SMILES string of the molecule is O=C1[C@@H](CC[C@@H](O)c2ccc(F)cc2)[C@@H](c2ccc(OCc3ccccc3)cc2)N1c1ccc(F)cc1. The average molecular weight is 500 g/mol. The minimum absolute atomic E-state index is 0.0766. The summed E-state index contributed by atoms with van der Waals surface area (Å²) in [5, 5.41) is 10.6. The fourth-order valence-electron chi connectivity index (χ4n) is 4.79. The first-order valence-corrected chi connectivity index (χ1v) is 12.3. The third-order valence-corrected chi connectivity index (χ3v) is 6.79. The number of aliphatic hydroxyl groups excluding tert-OH is 1. The Morgan fingerprint density at radius 3 is 2.08 bits per heavy atom. The van der Waals surface area contributed by atoms with Gasteiger partial charge in [-0.2, -0.15) is 0 Å². The van der Waals surface area contributed by atoms with E-state index in [1.54, 1.807) is 29.2 Å². The Morgan fingerprint density at radius 1 is 0.811 bits per heavy atom. The van der Waals surface area contributed by atoms with Crippen LogP contribution < -0.4 is 9.64 Å². The van der Waals surface area contributed by atoms with Crippen LogP contribution in [0.25, 0.3) is 0 Å². The number of carbonyl (C=O) groups excluding carboxylic acids is 1. The van der Waals surface area contributed by atoms with E-state index in [9.17, 15) is 18.7 Å². The first-order chi connectivity index (χ1) is 18.0. The lowest BCUT2D eigenvalue weighted by atomic mass is 9.78. The van der Waals surface area contributed by atoms with E-state index in [1.165, 1.54) is 24.3 Å².